The second-order valence-electron chi connectivity index (χ2n) is 4.49. The van der Waals surface area contributed by atoms with Crippen LogP contribution in [-0.2, 0) is 10.0 Å². The Bertz CT molecular complexity index is 598. The number of nitrogens with one attached hydrogen (secondary N) is 1. The maximum absolute atomic E-state index is 12.4. The molecule has 0 saturated carbocycles. The first kappa shape index (κ1) is 17.9. The molecule has 5 nitrogen and oxygen atoms in total. The zero-order chi connectivity index (χ0) is 16.0. The SMILES string of the molecule is CCCNC(=O)c1cc(S(=O)(=O)N(CC)CC)ccc1Cl. The Balaban J connectivity index is 3.20. The van der Waals surface area contributed by atoms with Crippen molar-refractivity contribution in [2.24, 2.45) is 0 Å². The van der Waals surface area contributed by atoms with Crippen LogP contribution >= 0.6 is 11.6 Å². The Morgan fingerprint density at radius 3 is 2.38 bits per heavy atom. The first-order chi connectivity index (χ1) is 9.88. The van der Waals surface area contributed by atoms with Gasteiger partial charge in [0, 0.05) is 19.6 Å². The lowest BCUT2D eigenvalue weighted by Crippen LogP contribution is -2.31. The predicted molar refractivity (Wildman–Crippen MR) is 84.2 cm³/mol. The Labute approximate surface area is 131 Å². The average Bonchev–Trinajstić information content (AvgIpc) is 2.46. The van der Waals surface area contributed by atoms with E-state index in [4.69, 9.17) is 11.6 Å². The first-order valence-corrected chi connectivity index (χ1v) is 8.78. The Hall–Kier alpha value is -1.11. The van der Waals surface area contributed by atoms with Gasteiger partial charge in [-0.15, -0.1) is 0 Å². The molecule has 118 valence electrons. The van der Waals surface area contributed by atoms with Gasteiger partial charge in [0.05, 0.1) is 15.5 Å². The molecule has 1 aromatic rings. The number of nitrogens with zero attached hydrogens (tertiary/aromatic N) is 1. The standard InChI is InChI=1S/C14H21ClN2O3S/c1-4-9-16-14(18)12-10-11(7-8-13(12)15)21(19,20)17(5-2)6-3/h7-8,10H,4-6,9H2,1-3H3,(H,16,18). The van der Waals surface area contributed by atoms with E-state index in [1.165, 1.54) is 22.5 Å². The lowest BCUT2D eigenvalue weighted by atomic mass is 10.2. The smallest absolute Gasteiger partial charge is 0.252 e. The molecule has 1 rings (SSSR count). The molecule has 0 atom stereocenters. The van der Waals surface area contributed by atoms with Gasteiger partial charge in [0.1, 0.15) is 0 Å². The van der Waals surface area contributed by atoms with Crippen molar-refractivity contribution in [1.82, 2.24) is 9.62 Å². The molecule has 1 amide bonds. The fourth-order valence-electron chi connectivity index (χ4n) is 1.89. The van der Waals surface area contributed by atoms with Crippen LogP contribution < -0.4 is 5.32 Å². The highest BCUT2D eigenvalue weighted by molar-refractivity contribution is 7.89. The zero-order valence-electron chi connectivity index (χ0n) is 12.5. The van der Waals surface area contributed by atoms with Gasteiger partial charge in [-0.3, -0.25) is 4.79 Å². The number of amides is 1. The summed E-state index contributed by atoms with van der Waals surface area (Å²) in [6, 6.07) is 4.20. The van der Waals surface area contributed by atoms with E-state index in [1.807, 2.05) is 6.92 Å². The van der Waals surface area contributed by atoms with Gasteiger partial charge in [-0.2, -0.15) is 4.31 Å². The highest BCUT2D eigenvalue weighted by Gasteiger charge is 2.23. The van der Waals surface area contributed by atoms with E-state index >= 15 is 0 Å². The quantitative estimate of drug-likeness (QED) is 0.834. The number of carbonyl (C=O) groups is 1. The van der Waals surface area contributed by atoms with Crippen LogP contribution in [0.1, 0.15) is 37.6 Å². The van der Waals surface area contributed by atoms with E-state index < -0.39 is 10.0 Å². The van der Waals surface area contributed by atoms with Crippen LogP contribution in [0.15, 0.2) is 23.1 Å². The van der Waals surface area contributed by atoms with Crippen molar-refractivity contribution in [3.05, 3.63) is 28.8 Å². The van der Waals surface area contributed by atoms with E-state index in [9.17, 15) is 13.2 Å². The van der Waals surface area contributed by atoms with Gasteiger partial charge in [0.2, 0.25) is 10.0 Å². The molecule has 0 spiro atoms. The second kappa shape index (κ2) is 7.77. The van der Waals surface area contributed by atoms with Crippen molar-refractivity contribution in [3.63, 3.8) is 0 Å². The Morgan fingerprint density at radius 1 is 1.24 bits per heavy atom. The van der Waals surface area contributed by atoms with Crippen LogP contribution in [0.25, 0.3) is 0 Å². The van der Waals surface area contributed by atoms with Gasteiger partial charge in [0.15, 0.2) is 0 Å². The molecule has 0 aromatic heterocycles. The molecule has 0 fully saturated rings. The minimum atomic E-state index is -3.60. The highest BCUT2D eigenvalue weighted by Crippen LogP contribution is 2.23. The molecule has 0 aliphatic rings. The van der Waals surface area contributed by atoms with Crippen LogP contribution in [0, 0.1) is 0 Å². The third-order valence-corrected chi connectivity index (χ3v) is 5.44. The molecule has 21 heavy (non-hydrogen) atoms. The number of halogens is 1. The summed E-state index contributed by atoms with van der Waals surface area (Å²) in [6.07, 6.45) is 0.792. The zero-order valence-corrected chi connectivity index (χ0v) is 14.1. The molecule has 1 aromatic carbocycles. The number of benzene rings is 1. The van der Waals surface area contributed by atoms with E-state index in [2.05, 4.69) is 5.32 Å². The predicted octanol–water partition coefficient (Wildman–Crippen LogP) is 2.51. The summed E-state index contributed by atoms with van der Waals surface area (Å²) in [5.41, 5.74) is 0.179. The molecule has 0 aliphatic carbocycles. The molecule has 0 heterocycles. The Kier molecular flexibility index (Phi) is 6.64. The summed E-state index contributed by atoms with van der Waals surface area (Å²) in [5.74, 6) is -0.363. The molecule has 7 heteroatoms. The molecule has 1 N–H and O–H groups in total. The molecular formula is C14H21ClN2O3S. The van der Waals surface area contributed by atoms with Crippen molar-refractivity contribution in [3.8, 4) is 0 Å². The summed E-state index contributed by atoms with van der Waals surface area (Å²) >= 11 is 6.00. The number of rotatable bonds is 7. The van der Waals surface area contributed by atoms with Crippen molar-refractivity contribution in [2.75, 3.05) is 19.6 Å². The van der Waals surface area contributed by atoms with Gasteiger partial charge in [0.25, 0.3) is 5.91 Å². The van der Waals surface area contributed by atoms with E-state index in [-0.39, 0.29) is 21.4 Å². The van der Waals surface area contributed by atoms with E-state index in [1.54, 1.807) is 13.8 Å². The molecule has 0 aliphatic heterocycles. The molecular weight excluding hydrogens is 312 g/mol. The monoisotopic (exact) mass is 332 g/mol. The Morgan fingerprint density at radius 2 is 1.86 bits per heavy atom. The maximum Gasteiger partial charge on any atom is 0.252 e. The minimum absolute atomic E-state index is 0.0808. The second-order valence-corrected chi connectivity index (χ2v) is 6.83. The number of hydrogen-bond acceptors (Lipinski definition) is 3. The third-order valence-electron chi connectivity index (χ3n) is 3.06. The lowest BCUT2D eigenvalue weighted by Gasteiger charge is -2.19. The summed E-state index contributed by atoms with van der Waals surface area (Å²) < 4.78 is 26.2. The van der Waals surface area contributed by atoms with Crippen LogP contribution in [-0.4, -0.2) is 38.3 Å². The van der Waals surface area contributed by atoms with Gasteiger partial charge >= 0.3 is 0 Å². The van der Waals surface area contributed by atoms with Crippen molar-refractivity contribution in [1.29, 1.82) is 0 Å². The summed E-state index contributed by atoms with van der Waals surface area (Å²) in [7, 11) is -3.60. The molecule has 0 unspecified atom stereocenters. The first-order valence-electron chi connectivity index (χ1n) is 6.96. The van der Waals surface area contributed by atoms with Crippen molar-refractivity contribution in [2.45, 2.75) is 32.1 Å². The number of hydrogen-bond donors (Lipinski definition) is 1. The molecule has 0 radical (unpaired) electrons. The lowest BCUT2D eigenvalue weighted by molar-refractivity contribution is 0.0953. The molecule has 0 bridgehead atoms. The van der Waals surface area contributed by atoms with Gasteiger partial charge in [-0.25, -0.2) is 8.42 Å². The van der Waals surface area contributed by atoms with Crippen LogP contribution in [0.5, 0.6) is 0 Å². The van der Waals surface area contributed by atoms with Gasteiger partial charge < -0.3 is 5.32 Å². The van der Waals surface area contributed by atoms with Crippen molar-refractivity contribution >= 4 is 27.5 Å². The van der Waals surface area contributed by atoms with Crippen LogP contribution in [0.4, 0.5) is 0 Å². The van der Waals surface area contributed by atoms with E-state index in [0.717, 1.165) is 6.42 Å². The topological polar surface area (TPSA) is 66.5 Å². The van der Waals surface area contributed by atoms with Gasteiger partial charge in [-0.05, 0) is 24.6 Å². The third kappa shape index (κ3) is 4.18. The average molecular weight is 333 g/mol. The van der Waals surface area contributed by atoms with E-state index in [0.29, 0.717) is 19.6 Å². The molecule has 0 saturated heterocycles. The summed E-state index contributed by atoms with van der Waals surface area (Å²) in [6.45, 7) is 6.74. The summed E-state index contributed by atoms with van der Waals surface area (Å²) in [4.78, 5) is 12.1. The highest BCUT2D eigenvalue weighted by atomic mass is 35.5. The maximum atomic E-state index is 12.4. The summed E-state index contributed by atoms with van der Waals surface area (Å²) in [5, 5.41) is 2.93. The number of sulfonamides is 1. The normalized spacial score (nSPS) is 11.7. The largest absolute Gasteiger partial charge is 0.352 e. The van der Waals surface area contributed by atoms with Crippen LogP contribution in [0.3, 0.4) is 0 Å². The van der Waals surface area contributed by atoms with Crippen LogP contribution in [0.2, 0.25) is 5.02 Å². The fraction of sp³-hybridized carbons (Fsp3) is 0.500. The minimum Gasteiger partial charge on any atom is -0.352 e. The van der Waals surface area contributed by atoms with Gasteiger partial charge in [-0.1, -0.05) is 32.4 Å². The number of carbonyl (C=O) groups excluding carboxylic acids is 1. The van der Waals surface area contributed by atoms with Crippen molar-refractivity contribution < 1.29 is 13.2 Å². The fourth-order valence-corrected chi connectivity index (χ4v) is 3.57.